The number of furan rings is 1. The minimum Gasteiger partial charge on any atom is -0.456 e. The van der Waals surface area contributed by atoms with Crippen LogP contribution in [-0.2, 0) is 5.41 Å². The Morgan fingerprint density at radius 3 is 2.00 bits per heavy atom. The first-order valence-electron chi connectivity index (χ1n) is 17.7. The van der Waals surface area contributed by atoms with Crippen LogP contribution in [0.2, 0.25) is 0 Å². The predicted molar refractivity (Wildman–Crippen MR) is 214 cm³/mol. The molecule has 0 bridgehead atoms. The second kappa shape index (κ2) is 11.3. The molecular formula is C49H35NO. The van der Waals surface area contributed by atoms with Crippen LogP contribution >= 0.6 is 0 Å². The van der Waals surface area contributed by atoms with E-state index in [1.165, 1.54) is 55.3 Å². The molecular weight excluding hydrogens is 619 g/mol. The molecule has 0 saturated heterocycles. The summed E-state index contributed by atoms with van der Waals surface area (Å²) >= 11 is 0. The first kappa shape index (κ1) is 29.5. The lowest BCUT2D eigenvalue weighted by Crippen LogP contribution is -2.16. The minimum absolute atomic E-state index is 0.0900. The molecule has 1 aromatic heterocycles. The molecule has 0 saturated carbocycles. The van der Waals surface area contributed by atoms with Gasteiger partial charge in [0.25, 0.3) is 0 Å². The zero-order valence-electron chi connectivity index (χ0n) is 28.6. The Labute approximate surface area is 297 Å². The van der Waals surface area contributed by atoms with Gasteiger partial charge in [0.1, 0.15) is 11.2 Å². The molecule has 0 amide bonds. The highest BCUT2D eigenvalue weighted by Crippen LogP contribution is 2.52. The third kappa shape index (κ3) is 4.57. The van der Waals surface area contributed by atoms with Crippen molar-refractivity contribution >= 4 is 49.8 Å². The Morgan fingerprint density at radius 1 is 0.451 bits per heavy atom. The van der Waals surface area contributed by atoms with E-state index < -0.39 is 0 Å². The Morgan fingerprint density at radius 2 is 1.10 bits per heavy atom. The molecule has 0 aliphatic heterocycles. The molecule has 0 N–H and O–H groups in total. The fraction of sp³-hybridized carbons (Fsp3) is 0.0612. The molecule has 9 aromatic rings. The second-order valence-electron chi connectivity index (χ2n) is 14.1. The molecule has 242 valence electrons. The van der Waals surface area contributed by atoms with Crippen LogP contribution in [0.3, 0.4) is 0 Å². The van der Waals surface area contributed by atoms with Gasteiger partial charge < -0.3 is 9.32 Å². The predicted octanol–water partition coefficient (Wildman–Crippen LogP) is 13.8. The van der Waals surface area contributed by atoms with Crippen molar-refractivity contribution in [2.45, 2.75) is 19.3 Å². The molecule has 0 radical (unpaired) electrons. The number of rotatable bonds is 5. The molecule has 2 nitrogen and oxygen atoms in total. The minimum atomic E-state index is -0.0900. The van der Waals surface area contributed by atoms with Crippen LogP contribution in [0.15, 0.2) is 180 Å². The molecule has 1 aliphatic rings. The molecule has 10 rings (SSSR count). The number of hydrogen-bond donors (Lipinski definition) is 0. The van der Waals surface area contributed by atoms with Crippen molar-refractivity contribution in [3.8, 4) is 33.4 Å². The number of benzene rings is 8. The van der Waals surface area contributed by atoms with Gasteiger partial charge in [0.2, 0.25) is 0 Å². The first-order chi connectivity index (χ1) is 25.1. The van der Waals surface area contributed by atoms with Crippen LogP contribution in [0.5, 0.6) is 0 Å². The van der Waals surface area contributed by atoms with E-state index in [0.29, 0.717) is 0 Å². The normalized spacial score (nSPS) is 13.1. The van der Waals surface area contributed by atoms with Crippen molar-refractivity contribution in [1.29, 1.82) is 0 Å². The molecule has 0 unspecified atom stereocenters. The van der Waals surface area contributed by atoms with E-state index in [0.717, 1.165) is 39.0 Å². The van der Waals surface area contributed by atoms with Gasteiger partial charge in [-0.15, -0.1) is 0 Å². The molecule has 8 aromatic carbocycles. The Kier molecular flexibility index (Phi) is 6.56. The van der Waals surface area contributed by atoms with Gasteiger partial charge in [-0.2, -0.15) is 0 Å². The van der Waals surface area contributed by atoms with E-state index in [1.807, 2.05) is 6.07 Å². The Balaban J connectivity index is 1.16. The van der Waals surface area contributed by atoms with Crippen molar-refractivity contribution in [1.82, 2.24) is 0 Å². The van der Waals surface area contributed by atoms with Gasteiger partial charge in [0, 0.05) is 22.2 Å². The second-order valence-corrected chi connectivity index (χ2v) is 14.1. The molecule has 51 heavy (non-hydrogen) atoms. The van der Waals surface area contributed by atoms with Gasteiger partial charge in [0.05, 0.1) is 11.1 Å². The summed E-state index contributed by atoms with van der Waals surface area (Å²) in [5, 5.41) is 4.70. The highest BCUT2D eigenvalue weighted by atomic mass is 16.3. The van der Waals surface area contributed by atoms with Crippen molar-refractivity contribution in [3.05, 3.63) is 187 Å². The van der Waals surface area contributed by atoms with E-state index in [9.17, 15) is 0 Å². The highest BCUT2D eigenvalue weighted by Gasteiger charge is 2.37. The Bertz CT molecular complexity index is 2780. The van der Waals surface area contributed by atoms with Crippen LogP contribution < -0.4 is 4.90 Å². The Hall–Kier alpha value is -6.38. The van der Waals surface area contributed by atoms with Crippen molar-refractivity contribution in [3.63, 3.8) is 0 Å². The molecule has 2 heteroatoms. The van der Waals surface area contributed by atoms with Gasteiger partial charge in [-0.1, -0.05) is 147 Å². The number of nitrogens with zero attached hydrogens (tertiary/aromatic N) is 1. The smallest absolute Gasteiger partial charge is 0.137 e. The average molecular weight is 654 g/mol. The summed E-state index contributed by atoms with van der Waals surface area (Å²) in [7, 11) is 0. The van der Waals surface area contributed by atoms with E-state index in [4.69, 9.17) is 4.42 Å². The van der Waals surface area contributed by atoms with Gasteiger partial charge >= 0.3 is 0 Å². The molecule has 0 atom stereocenters. The quantitative estimate of drug-likeness (QED) is 0.184. The lowest BCUT2D eigenvalue weighted by molar-refractivity contribution is 0.662. The van der Waals surface area contributed by atoms with Crippen LogP contribution in [0.1, 0.15) is 25.0 Å². The first-order valence-corrected chi connectivity index (χ1v) is 17.7. The summed E-state index contributed by atoms with van der Waals surface area (Å²) in [4.78, 5) is 2.39. The topological polar surface area (TPSA) is 16.4 Å². The highest BCUT2D eigenvalue weighted by molar-refractivity contribution is 6.13. The van der Waals surface area contributed by atoms with Gasteiger partial charge in [-0.25, -0.2) is 0 Å². The number of fused-ring (bicyclic) bond motifs is 7. The summed E-state index contributed by atoms with van der Waals surface area (Å²) in [6, 6.07) is 63.6. The van der Waals surface area contributed by atoms with Crippen LogP contribution in [0.25, 0.3) is 66.1 Å². The summed E-state index contributed by atoms with van der Waals surface area (Å²) in [5.74, 6) is 0. The van der Waals surface area contributed by atoms with Gasteiger partial charge in [0.15, 0.2) is 0 Å². The zero-order chi connectivity index (χ0) is 34.1. The monoisotopic (exact) mass is 653 g/mol. The third-order valence-electron chi connectivity index (χ3n) is 10.8. The van der Waals surface area contributed by atoms with E-state index in [1.54, 1.807) is 0 Å². The summed E-state index contributed by atoms with van der Waals surface area (Å²) in [6.45, 7) is 4.71. The maximum atomic E-state index is 6.40. The molecule has 0 spiro atoms. The summed E-state index contributed by atoms with van der Waals surface area (Å²) < 4.78 is 6.40. The van der Waals surface area contributed by atoms with E-state index >= 15 is 0 Å². The van der Waals surface area contributed by atoms with Crippen molar-refractivity contribution in [2.24, 2.45) is 0 Å². The van der Waals surface area contributed by atoms with E-state index in [2.05, 4.69) is 189 Å². The van der Waals surface area contributed by atoms with Gasteiger partial charge in [-0.3, -0.25) is 0 Å². The van der Waals surface area contributed by atoms with Gasteiger partial charge in [-0.05, 0) is 97.7 Å². The molecule has 1 heterocycles. The van der Waals surface area contributed by atoms with Crippen LogP contribution in [0.4, 0.5) is 17.1 Å². The molecule has 0 fully saturated rings. The van der Waals surface area contributed by atoms with Crippen LogP contribution in [-0.4, -0.2) is 0 Å². The fourth-order valence-corrected chi connectivity index (χ4v) is 8.54. The SMILES string of the molecule is CC1(C)c2ccccc2-c2cccc(-c3ccc(N(c4cccc(-c5cccc6ccccc56)c4)c4cccc5oc6ccccc6c45)cc3)c21. The number of anilines is 3. The maximum absolute atomic E-state index is 6.40. The number of hydrogen-bond acceptors (Lipinski definition) is 2. The lowest BCUT2D eigenvalue weighted by atomic mass is 9.79. The average Bonchev–Trinajstić information content (AvgIpc) is 3.68. The third-order valence-corrected chi connectivity index (χ3v) is 10.8. The fourth-order valence-electron chi connectivity index (χ4n) is 8.54. The standard InChI is InChI=1S/C49H35NO/c1-49(2)43-23-7-5-18-40(43)41-22-11-21-39(48(41)49)33-27-29-35(30-28-33)50(44-24-12-26-46-47(44)42-19-6-8-25-45(42)51-46)36-16-9-15-34(31-36)38-20-10-14-32-13-3-4-17-37(32)38/h3-31H,1-2H3. The van der Waals surface area contributed by atoms with E-state index in [-0.39, 0.29) is 5.41 Å². The van der Waals surface area contributed by atoms with Crippen LogP contribution in [0, 0.1) is 0 Å². The number of para-hydroxylation sites is 1. The largest absolute Gasteiger partial charge is 0.456 e. The van der Waals surface area contributed by atoms with Crippen molar-refractivity contribution in [2.75, 3.05) is 4.90 Å². The maximum Gasteiger partial charge on any atom is 0.137 e. The van der Waals surface area contributed by atoms with Crippen molar-refractivity contribution < 1.29 is 4.42 Å². The summed E-state index contributed by atoms with van der Waals surface area (Å²) in [6.07, 6.45) is 0. The lowest BCUT2D eigenvalue weighted by Gasteiger charge is -2.27. The zero-order valence-corrected chi connectivity index (χ0v) is 28.6. The molecule has 1 aliphatic carbocycles. The summed E-state index contributed by atoms with van der Waals surface area (Å²) in [5.41, 5.74) is 15.3.